The average molecular weight is 435 g/mol. The van der Waals surface area contributed by atoms with E-state index in [9.17, 15) is 22.8 Å². The van der Waals surface area contributed by atoms with Crippen molar-refractivity contribution in [2.24, 2.45) is 7.05 Å². The molecule has 11 heteroatoms. The van der Waals surface area contributed by atoms with E-state index in [4.69, 9.17) is 0 Å². The number of ether oxygens (including phenoxy) is 1. The Bertz CT molecular complexity index is 1180. The third-order valence-corrected chi connectivity index (χ3v) is 5.13. The summed E-state index contributed by atoms with van der Waals surface area (Å²) >= 11 is 0. The zero-order valence-corrected chi connectivity index (χ0v) is 16.8. The minimum absolute atomic E-state index is 0.269. The maximum absolute atomic E-state index is 12.9. The fraction of sp³-hybridized carbons (Fsp3) is 0.400. The van der Waals surface area contributed by atoms with E-state index < -0.39 is 18.3 Å². The Balaban J connectivity index is 1.46. The highest BCUT2D eigenvalue weighted by Gasteiger charge is 2.31. The smallest absolute Gasteiger partial charge is 0.406 e. The second-order valence-corrected chi connectivity index (χ2v) is 7.56. The lowest BCUT2D eigenvalue weighted by Gasteiger charge is -2.15. The Labute approximate surface area is 174 Å². The zero-order chi connectivity index (χ0) is 22.3. The first-order chi connectivity index (χ1) is 14.6. The maximum atomic E-state index is 12.9. The van der Waals surface area contributed by atoms with Crippen LogP contribution in [0.5, 0.6) is 5.75 Å². The summed E-state index contributed by atoms with van der Waals surface area (Å²) in [6, 6.07) is 4.72. The van der Waals surface area contributed by atoms with Gasteiger partial charge < -0.3 is 10.1 Å². The number of carbonyl (C=O) groups excluding carboxylic acids is 1. The van der Waals surface area contributed by atoms with E-state index in [1.165, 1.54) is 30.5 Å². The van der Waals surface area contributed by atoms with Crippen molar-refractivity contribution in [3.05, 3.63) is 52.1 Å². The minimum atomic E-state index is -4.77. The first kappa shape index (κ1) is 20.9. The number of nitrogens with zero attached hydrogens (tertiary/aromatic N) is 4. The van der Waals surface area contributed by atoms with Crippen LogP contribution in [0, 0.1) is 0 Å². The molecule has 0 radical (unpaired) electrons. The zero-order valence-electron chi connectivity index (χ0n) is 16.8. The van der Waals surface area contributed by atoms with Crippen LogP contribution >= 0.6 is 0 Å². The molecule has 1 atom stereocenters. The number of carbonyl (C=O) groups is 1. The van der Waals surface area contributed by atoms with Crippen LogP contribution in [0.25, 0.3) is 10.9 Å². The summed E-state index contributed by atoms with van der Waals surface area (Å²) < 4.78 is 43.3. The molecule has 0 aliphatic heterocycles. The van der Waals surface area contributed by atoms with Crippen molar-refractivity contribution in [1.82, 2.24) is 24.9 Å². The third kappa shape index (κ3) is 4.54. The van der Waals surface area contributed by atoms with E-state index in [2.05, 4.69) is 20.3 Å². The number of aromatic nitrogens is 4. The molecule has 1 saturated carbocycles. The molecule has 1 aliphatic carbocycles. The Morgan fingerprint density at radius 2 is 1.97 bits per heavy atom. The first-order valence-corrected chi connectivity index (χ1v) is 9.70. The lowest BCUT2D eigenvalue weighted by atomic mass is 10.1. The number of hydrogen-bond acceptors (Lipinski definition) is 5. The molecule has 1 fully saturated rings. The molecule has 0 spiro atoms. The summed E-state index contributed by atoms with van der Waals surface area (Å²) in [6.45, 7) is 1.40. The molecule has 164 valence electrons. The highest BCUT2D eigenvalue weighted by atomic mass is 19.4. The summed E-state index contributed by atoms with van der Waals surface area (Å²) in [6.07, 6.45) is -1.28. The highest BCUT2D eigenvalue weighted by molar-refractivity contribution is 5.82. The van der Waals surface area contributed by atoms with Gasteiger partial charge in [-0.2, -0.15) is 10.2 Å². The molecule has 8 nitrogen and oxygen atoms in total. The van der Waals surface area contributed by atoms with E-state index in [-0.39, 0.29) is 23.8 Å². The topological polar surface area (TPSA) is 91.0 Å². The Morgan fingerprint density at radius 3 is 2.58 bits per heavy atom. The number of alkyl halides is 3. The summed E-state index contributed by atoms with van der Waals surface area (Å²) in [5.41, 5.74) is 1.58. The van der Waals surface area contributed by atoms with Crippen LogP contribution in [-0.2, 0) is 18.4 Å². The quantitative estimate of drug-likeness (QED) is 0.643. The molecule has 4 rings (SSSR count). The Hall–Kier alpha value is -3.37. The standard InChI is InChI=1S/C20H20F3N5O3/c1-11(12-5-7-14(8-6-12)31-20(21,22)23)25-16(29)10-28-19(30)17-15(9-24-28)27(2)26-18(17)13-3-4-13/h5-9,11,13H,3-4,10H2,1-2H3,(H,25,29)/t11-/m0/s1. The molecular weight excluding hydrogens is 415 g/mol. The molecule has 1 aromatic carbocycles. The summed E-state index contributed by atoms with van der Waals surface area (Å²) in [7, 11) is 1.75. The number of amides is 1. The lowest BCUT2D eigenvalue weighted by molar-refractivity contribution is -0.274. The molecule has 0 unspecified atom stereocenters. The molecule has 0 saturated heterocycles. The van der Waals surface area contributed by atoms with Gasteiger partial charge in [-0.05, 0) is 37.5 Å². The summed E-state index contributed by atoms with van der Waals surface area (Å²) in [5, 5.41) is 11.7. The molecule has 1 N–H and O–H groups in total. The van der Waals surface area contributed by atoms with Crippen LogP contribution < -0.4 is 15.6 Å². The SMILES string of the molecule is C[C@H](NC(=O)Cn1ncc2c(c(C3CC3)nn2C)c1=O)c1ccc(OC(F)(F)F)cc1. The normalized spacial score (nSPS) is 15.1. The van der Waals surface area contributed by atoms with Crippen molar-refractivity contribution < 1.29 is 22.7 Å². The molecule has 3 aromatic rings. The van der Waals surface area contributed by atoms with Gasteiger partial charge >= 0.3 is 6.36 Å². The number of halogens is 3. The van der Waals surface area contributed by atoms with Crippen molar-refractivity contribution in [3.63, 3.8) is 0 Å². The van der Waals surface area contributed by atoms with Gasteiger partial charge in [-0.3, -0.25) is 14.3 Å². The first-order valence-electron chi connectivity index (χ1n) is 9.70. The van der Waals surface area contributed by atoms with Gasteiger partial charge in [-0.15, -0.1) is 13.2 Å². The van der Waals surface area contributed by atoms with Crippen molar-refractivity contribution in [2.45, 2.75) is 44.6 Å². The predicted molar refractivity (Wildman–Crippen MR) is 104 cm³/mol. The Morgan fingerprint density at radius 1 is 1.29 bits per heavy atom. The lowest BCUT2D eigenvalue weighted by Crippen LogP contribution is -2.35. The number of rotatable bonds is 6. The van der Waals surface area contributed by atoms with E-state index in [0.717, 1.165) is 23.2 Å². The monoisotopic (exact) mass is 435 g/mol. The van der Waals surface area contributed by atoms with Gasteiger partial charge in [0, 0.05) is 13.0 Å². The van der Waals surface area contributed by atoms with Gasteiger partial charge in [-0.25, -0.2) is 4.68 Å². The van der Waals surface area contributed by atoms with Crippen LogP contribution in [0.4, 0.5) is 13.2 Å². The second kappa shape index (κ2) is 7.71. The molecule has 1 amide bonds. The van der Waals surface area contributed by atoms with Crippen LogP contribution in [0.2, 0.25) is 0 Å². The van der Waals surface area contributed by atoms with E-state index in [0.29, 0.717) is 16.5 Å². The molecule has 1 aliphatic rings. The summed E-state index contributed by atoms with van der Waals surface area (Å²) in [4.78, 5) is 25.4. The molecule has 0 bridgehead atoms. The fourth-order valence-corrected chi connectivity index (χ4v) is 3.45. The van der Waals surface area contributed by atoms with E-state index in [1.807, 2.05) is 0 Å². The van der Waals surface area contributed by atoms with Crippen LogP contribution in [-0.4, -0.2) is 31.8 Å². The fourth-order valence-electron chi connectivity index (χ4n) is 3.45. The van der Waals surface area contributed by atoms with Crippen LogP contribution in [0.3, 0.4) is 0 Å². The number of hydrogen-bond donors (Lipinski definition) is 1. The van der Waals surface area contributed by atoms with Crippen molar-refractivity contribution in [2.75, 3.05) is 0 Å². The largest absolute Gasteiger partial charge is 0.573 e. The van der Waals surface area contributed by atoms with Crippen molar-refractivity contribution in [1.29, 1.82) is 0 Å². The van der Waals surface area contributed by atoms with Gasteiger partial charge in [0.15, 0.2) is 0 Å². The van der Waals surface area contributed by atoms with Crippen molar-refractivity contribution >= 4 is 16.8 Å². The Kier molecular flexibility index (Phi) is 5.19. The van der Waals surface area contributed by atoms with Gasteiger partial charge in [0.2, 0.25) is 5.91 Å². The van der Waals surface area contributed by atoms with E-state index >= 15 is 0 Å². The van der Waals surface area contributed by atoms with Gasteiger partial charge in [0.05, 0.1) is 28.8 Å². The highest BCUT2D eigenvalue weighted by Crippen LogP contribution is 2.41. The van der Waals surface area contributed by atoms with Gasteiger partial charge in [0.25, 0.3) is 5.56 Å². The van der Waals surface area contributed by atoms with Gasteiger partial charge in [-0.1, -0.05) is 12.1 Å². The number of nitrogens with one attached hydrogen (secondary N) is 1. The second-order valence-electron chi connectivity index (χ2n) is 7.56. The summed E-state index contributed by atoms with van der Waals surface area (Å²) in [5.74, 6) is -0.527. The number of fused-ring (bicyclic) bond motifs is 1. The molecule has 2 heterocycles. The van der Waals surface area contributed by atoms with Crippen LogP contribution in [0.15, 0.2) is 35.3 Å². The maximum Gasteiger partial charge on any atom is 0.573 e. The molecular formula is C20H20F3N5O3. The number of benzene rings is 1. The van der Waals surface area contributed by atoms with Crippen LogP contribution in [0.1, 0.15) is 43.0 Å². The average Bonchev–Trinajstić information content (AvgIpc) is 3.47. The molecule has 31 heavy (non-hydrogen) atoms. The van der Waals surface area contributed by atoms with Gasteiger partial charge in [0.1, 0.15) is 12.3 Å². The molecule has 2 aromatic heterocycles. The van der Waals surface area contributed by atoms with E-state index in [1.54, 1.807) is 18.7 Å². The number of aryl methyl sites for hydroxylation is 1. The minimum Gasteiger partial charge on any atom is -0.406 e. The predicted octanol–water partition coefficient (Wildman–Crippen LogP) is 2.78. The third-order valence-electron chi connectivity index (χ3n) is 5.13. The van der Waals surface area contributed by atoms with Crippen molar-refractivity contribution in [3.8, 4) is 5.75 Å².